The predicted molar refractivity (Wildman–Crippen MR) is 208 cm³/mol. The van der Waals surface area contributed by atoms with Gasteiger partial charge in [-0.1, -0.05) is 72.8 Å². The van der Waals surface area contributed by atoms with E-state index in [9.17, 15) is 14.4 Å². The van der Waals surface area contributed by atoms with E-state index in [2.05, 4.69) is 20.9 Å². The molecule has 260 valence electrons. The highest BCUT2D eigenvalue weighted by Crippen LogP contribution is 2.38. The molecule has 6 aromatic rings. The number of nitrogens with zero attached hydrogens (tertiary/aromatic N) is 1. The lowest BCUT2D eigenvalue weighted by atomic mass is 10.1. The molecule has 6 rings (SSSR count). The minimum Gasteiger partial charge on any atom is -0.497 e. The summed E-state index contributed by atoms with van der Waals surface area (Å²) in [5, 5.41) is 10.4. The van der Waals surface area contributed by atoms with Crippen LogP contribution in [0.25, 0.3) is 17.3 Å². The van der Waals surface area contributed by atoms with Crippen molar-refractivity contribution >= 4 is 57.7 Å². The van der Waals surface area contributed by atoms with E-state index in [1.165, 1.54) is 23.1 Å². The Balaban J connectivity index is 1.17. The van der Waals surface area contributed by atoms with Crippen LogP contribution in [0.3, 0.4) is 0 Å². The zero-order chi connectivity index (χ0) is 36.3. The van der Waals surface area contributed by atoms with Crippen molar-refractivity contribution in [1.29, 1.82) is 0 Å². The quantitative estimate of drug-likeness (QED) is 0.0805. The largest absolute Gasteiger partial charge is 0.497 e. The molecule has 1 atom stereocenters. The predicted octanol–water partition coefficient (Wildman–Crippen LogP) is 8.71. The van der Waals surface area contributed by atoms with Crippen LogP contribution in [-0.4, -0.2) is 36.9 Å². The van der Waals surface area contributed by atoms with Crippen LogP contribution in [0.4, 0.5) is 10.8 Å². The topological polar surface area (TPSA) is 119 Å². The Morgan fingerprint density at radius 1 is 0.750 bits per heavy atom. The molecule has 52 heavy (non-hydrogen) atoms. The molecule has 11 heteroatoms. The monoisotopic (exact) mass is 726 g/mol. The van der Waals surface area contributed by atoms with Crippen molar-refractivity contribution in [2.24, 2.45) is 0 Å². The zero-order valence-electron chi connectivity index (χ0n) is 28.2. The SMILES string of the molecule is COc1ccc(/C=C(\NC(=O)c2ccccc2)C(=O)Nc2ccc(SC(C(=O)Nc3nc(-c4ccccc4OC)cs3)c3ccccc3)cc2)cc1. The number of anilines is 2. The van der Waals surface area contributed by atoms with Crippen molar-refractivity contribution in [3.05, 3.63) is 161 Å². The van der Waals surface area contributed by atoms with Gasteiger partial charge < -0.3 is 25.4 Å². The first-order valence-electron chi connectivity index (χ1n) is 16.1. The molecule has 1 aromatic heterocycles. The minimum atomic E-state index is -0.590. The summed E-state index contributed by atoms with van der Waals surface area (Å²) < 4.78 is 10.7. The maximum absolute atomic E-state index is 13.8. The molecule has 0 bridgehead atoms. The number of thioether (sulfide) groups is 1. The summed E-state index contributed by atoms with van der Waals surface area (Å²) in [7, 11) is 3.19. The Kier molecular flexibility index (Phi) is 11.8. The molecule has 0 aliphatic rings. The van der Waals surface area contributed by atoms with Crippen LogP contribution in [0.2, 0.25) is 0 Å². The molecule has 0 radical (unpaired) electrons. The number of methoxy groups -OCH3 is 2. The molecular weight excluding hydrogens is 693 g/mol. The fourth-order valence-electron chi connectivity index (χ4n) is 5.14. The van der Waals surface area contributed by atoms with Crippen LogP contribution in [0, 0.1) is 0 Å². The molecule has 0 saturated carbocycles. The van der Waals surface area contributed by atoms with E-state index >= 15 is 0 Å². The lowest BCUT2D eigenvalue weighted by molar-refractivity contribution is -0.116. The molecule has 1 heterocycles. The highest BCUT2D eigenvalue weighted by atomic mass is 32.2. The van der Waals surface area contributed by atoms with Gasteiger partial charge in [-0.3, -0.25) is 14.4 Å². The van der Waals surface area contributed by atoms with Gasteiger partial charge in [0, 0.05) is 27.1 Å². The highest BCUT2D eigenvalue weighted by molar-refractivity contribution is 8.00. The summed E-state index contributed by atoms with van der Waals surface area (Å²) in [6.07, 6.45) is 1.60. The molecule has 9 nitrogen and oxygen atoms in total. The van der Waals surface area contributed by atoms with Crippen LogP contribution in [0.15, 0.2) is 149 Å². The van der Waals surface area contributed by atoms with Gasteiger partial charge in [0.2, 0.25) is 5.91 Å². The molecule has 3 N–H and O–H groups in total. The van der Waals surface area contributed by atoms with Crippen molar-refractivity contribution in [3.8, 4) is 22.8 Å². The van der Waals surface area contributed by atoms with Crippen LogP contribution < -0.4 is 25.4 Å². The number of hydrogen-bond donors (Lipinski definition) is 3. The molecule has 0 aliphatic heterocycles. The summed E-state index contributed by atoms with van der Waals surface area (Å²) >= 11 is 2.72. The fraction of sp³-hybridized carbons (Fsp3) is 0.0732. The third-order valence-corrected chi connectivity index (χ3v) is 9.80. The third kappa shape index (κ3) is 9.13. The standard InChI is InChI=1S/C41H34N4O5S2/c1-49-31-21-17-27(18-22-31)25-34(43-38(46)29-13-7-4-8-14-29)39(47)42-30-19-23-32(24-20-30)52-37(28-11-5-3-6-12-28)40(48)45-41-44-35(26-51-41)33-15-9-10-16-36(33)50-2/h3-26,37H,1-2H3,(H,42,47)(H,43,46)(H,44,45,48)/b34-25-. The first-order chi connectivity index (χ1) is 25.4. The van der Waals surface area contributed by atoms with Gasteiger partial charge in [-0.2, -0.15) is 0 Å². The van der Waals surface area contributed by atoms with Gasteiger partial charge in [0.05, 0.1) is 19.9 Å². The smallest absolute Gasteiger partial charge is 0.272 e. The van der Waals surface area contributed by atoms with Crippen LogP contribution in [0.1, 0.15) is 26.7 Å². The Labute approximate surface area is 309 Å². The third-order valence-electron chi connectivity index (χ3n) is 7.78. The maximum Gasteiger partial charge on any atom is 0.272 e. The van der Waals surface area contributed by atoms with Gasteiger partial charge in [0.1, 0.15) is 22.4 Å². The number of carbonyl (C=O) groups is 3. The lowest BCUT2D eigenvalue weighted by Crippen LogP contribution is -2.30. The first-order valence-corrected chi connectivity index (χ1v) is 17.9. The van der Waals surface area contributed by atoms with Crippen molar-refractivity contribution in [2.45, 2.75) is 10.1 Å². The van der Waals surface area contributed by atoms with Gasteiger partial charge in [0.15, 0.2) is 5.13 Å². The maximum atomic E-state index is 13.8. The van der Waals surface area contributed by atoms with Gasteiger partial charge in [0.25, 0.3) is 11.8 Å². The van der Waals surface area contributed by atoms with Gasteiger partial charge >= 0.3 is 0 Å². The van der Waals surface area contributed by atoms with E-state index in [0.29, 0.717) is 39.1 Å². The van der Waals surface area contributed by atoms with Gasteiger partial charge in [-0.25, -0.2) is 4.98 Å². The van der Waals surface area contributed by atoms with Gasteiger partial charge in [-0.05, 0) is 77.9 Å². The average molecular weight is 727 g/mol. The van der Waals surface area contributed by atoms with E-state index in [4.69, 9.17) is 9.47 Å². The Morgan fingerprint density at radius 2 is 1.42 bits per heavy atom. The number of para-hydroxylation sites is 1. The van der Waals surface area contributed by atoms with E-state index in [1.54, 1.807) is 81.0 Å². The van der Waals surface area contributed by atoms with Gasteiger partial charge in [-0.15, -0.1) is 23.1 Å². The second-order valence-corrected chi connectivity index (χ2v) is 13.3. The van der Waals surface area contributed by atoms with Crippen LogP contribution in [0.5, 0.6) is 11.5 Å². The first kappa shape index (κ1) is 35.6. The Morgan fingerprint density at radius 3 is 2.12 bits per heavy atom. The molecule has 5 aromatic carbocycles. The van der Waals surface area contributed by atoms with Crippen LogP contribution >= 0.6 is 23.1 Å². The highest BCUT2D eigenvalue weighted by Gasteiger charge is 2.24. The zero-order valence-corrected chi connectivity index (χ0v) is 29.9. The normalized spacial score (nSPS) is 11.6. The molecular formula is C41H34N4O5S2. The number of thiazole rings is 1. The minimum absolute atomic E-state index is 0.0642. The van der Waals surface area contributed by atoms with Crippen molar-refractivity contribution in [1.82, 2.24) is 10.3 Å². The second kappa shape index (κ2) is 17.2. The number of aromatic nitrogens is 1. The number of rotatable bonds is 13. The van der Waals surface area contributed by atoms with Crippen molar-refractivity contribution < 1.29 is 23.9 Å². The van der Waals surface area contributed by atoms with E-state index in [1.807, 2.05) is 78.2 Å². The van der Waals surface area contributed by atoms with E-state index < -0.39 is 17.1 Å². The number of nitrogens with one attached hydrogen (secondary N) is 3. The summed E-state index contributed by atoms with van der Waals surface area (Å²) in [5.74, 6) is 0.225. The fourth-order valence-corrected chi connectivity index (χ4v) is 6.88. The number of hydrogen-bond acceptors (Lipinski definition) is 8. The number of carbonyl (C=O) groups excluding carboxylic acids is 3. The summed E-state index contributed by atoms with van der Waals surface area (Å²) in [5.41, 5.74) is 4.06. The molecule has 0 saturated heterocycles. The lowest BCUT2D eigenvalue weighted by Gasteiger charge is -2.17. The molecule has 0 aliphatic carbocycles. The second-order valence-electron chi connectivity index (χ2n) is 11.3. The molecule has 0 fully saturated rings. The van der Waals surface area contributed by atoms with E-state index in [-0.39, 0.29) is 11.6 Å². The Bertz CT molecular complexity index is 2170. The molecule has 3 amide bonds. The number of benzene rings is 5. The van der Waals surface area contributed by atoms with Crippen LogP contribution in [-0.2, 0) is 9.59 Å². The average Bonchev–Trinajstić information content (AvgIpc) is 3.66. The van der Waals surface area contributed by atoms with E-state index in [0.717, 1.165) is 16.0 Å². The van der Waals surface area contributed by atoms with Crippen molar-refractivity contribution in [2.75, 3.05) is 24.9 Å². The molecule has 0 spiro atoms. The summed E-state index contributed by atoms with van der Waals surface area (Å²) in [6, 6.07) is 40.1. The molecule has 1 unspecified atom stereocenters. The summed E-state index contributed by atoms with van der Waals surface area (Å²) in [6.45, 7) is 0. The summed E-state index contributed by atoms with van der Waals surface area (Å²) in [4.78, 5) is 45.8. The van der Waals surface area contributed by atoms with Crippen molar-refractivity contribution in [3.63, 3.8) is 0 Å². The Hall–Kier alpha value is -6.17. The number of ether oxygens (including phenoxy) is 2. The number of amides is 3.